The molecule has 3 aliphatic rings. The molecule has 4 aromatic rings. The standard InChI is InChI=1S/C33H31NO2/c1-32(2)22-23-20-25(14-15-30(23)35-32)33(24-10-4-3-5-11-24)17-16-28-26-12-6-7-13-27(26)29(21-31(28)36-33)34-18-8-9-19-34/h3-7,10-17,20-21H,8-9,18-19,22H2,1-2H3. The number of nitrogens with zero attached hydrogens (tertiary/aromatic N) is 1. The maximum Gasteiger partial charge on any atom is 0.178 e. The van der Waals surface area contributed by atoms with Crippen LogP contribution in [0.25, 0.3) is 16.8 Å². The van der Waals surface area contributed by atoms with Crippen molar-refractivity contribution in [3.63, 3.8) is 0 Å². The van der Waals surface area contributed by atoms with Crippen LogP contribution in [0.2, 0.25) is 0 Å². The van der Waals surface area contributed by atoms with Crippen molar-refractivity contribution >= 4 is 22.5 Å². The molecule has 0 aromatic heterocycles. The van der Waals surface area contributed by atoms with E-state index < -0.39 is 5.60 Å². The molecule has 0 aliphatic carbocycles. The van der Waals surface area contributed by atoms with E-state index in [1.807, 2.05) is 0 Å². The van der Waals surface area contributed by atoms with Gasteiger partial charge in [-0.15, -0.1) is 0 Å². The van der Waals surface area contributed by atoms with Crippen molar-refractivity contribution in [3.05, 3.63) is 107 Å². The normalized spacial score (nSPS) is 21.7. The van der Waals surface area contributed by atoms with E-state index in [9.17, 15) is 0 Å². The summed E-state index contributed by atoms with van der Waals surface area (Å²) < 4.78 is 13.3. The molecule has 0 radical (unpaired) electrons. The van der Waals surface area contributed by atoms with Crippen LogP contribution < -0.4 is 14.4 Å². The van der Waals surface area contributed by atoms with Gasteiger partial charge in [0.15, 0.2) is 5.60 Å². The Morgan fingerprint density at radius 2 is 1.47 bits per heavy atom. The molecule has 0 spiro atoms. The van der Waals surface area contributed by atoms with Crippen molar-refractivity contribution in [3.8, 4) is 11.5 Å². The summed E-state index contributed by atoms with van der Waals surface area (Å²) in [5.41, 5.74) is 5.05. The first kappa shape index (κ1) is 21.6. The number of rotatable bonds is 3. The molecule has 0 saturated carbocycles. The van der Waals surface area contributed by atoms with Crippen molar-refractivity contribution in [1.82, 2.24) is 0 Å². The van der Waals surface area contributed by atoms with Crippen molar-refractivity contribution in [2.45, 2.75) is 44.3 Å². The Morgan fingerprint density at radius 1 is 0.722 bits per heavy atom. The lowest BCUT2D eigenvalue weighted by Crippen LogP contribution is -2.34. The van der Waals surface area contributed by atoms with Crippen LogP contribution in [-0.4, -0.2) is 18.7 Å². The zero-order valence-electron chi connectivity index (χ0n) is 21.0. The number of ether oxygens (including phenoxy) is 2. The quantitative estimate of drug-likeness (QED) is 0.307. The summed E-state index contributed by atoms with van der Waals surface area (Å²) >= 11 is 0. The summed E-state index contributed by atoms with van der Waals surface area (Å²) in [7, 11) is 0. The molecule has 3 nitrogen and oxygen atoms in total. The van der Waals surface area contributed by atoms with Gasteiger partial charge in [0, 0.05) is 53.3 Å². The first-order chi connectivity index (χ1) is 17.5. The Labute approximate surface area is 213 Å². The minimum Gasteiger partial charge on any atom is -0.487 e. The first-order valence-corrected chi connectivity index (χ1v) is 13.1. The van der Waals surface area contributed by atoms with Gasteiger partial charge in [0.2, 0.25) is 0 Å². The lowest BCUT2D eigenvalue weighted by molar-refractivity contribution is 0.138. The summed E-state index contributed by atoms with van der Waals surface area (Å²) in [6, 6.07) is 28.2. The van der Waals surface area contributed by atoms with E-state index in [1.54, 1.807) is 0 Å². The van der Waals surface area contributed by atoms with Crippen LogP contribution in [0.15, 0.2) is 84.9 Å². The monoisotopic (exact) mass is 473 g/mol. The predicted molar refractivity (Wildman–Crippen MR) is 147 cm³/mol. The second-order valence-electron chi connectivity index (χ2n) is 10.9. The third kappa shape index (κ3) is 3.33. The van der Waals surface area contributed by atoms with Crippen LogP contribution in [0.4, 0.5) is 5.69 Å². The molecule has 0 bridgehead atoms. The largest absolute Gasteiger partial charge is 0.487 e. The molecule has 4 aromatic carbocycles. The van der Waals surface area contributed by atoms with Gasteiger partial charge in [0.1, 0.15) is 17.1 Å². The molecule has 3 aliphatic heterocycles. The summed E-state index contributed by atoms with van der Waals surface area (Å²) in [5.74, 6) is 1.92. The van der Waals surface area contributed by atoms with Crippen molar-refractivity contribution < 1.29 is 9.47 Å². The third-order valence-electron chi connectivity index (χ3n) is 7.92. The smallest absolute Gasteiger partial charge is 0.178 e. The highest BCUT2D eigenvalue weighted by atomic mass is 16.5. The maximum atomic E-state index is 7.16. The van der Waals surface area contributed by atoms with Gasteiger partial charge in [-0.3, -0.25) is 0 Å². The molecule has 3 heterocycles. The van der Waals surface area contributed by atoms with Crippen molar-refractivity contribution in [2.24, 2.45) is 0 Å². The average Bonchev–Trinajstić information content (AvgIpc) is 3.54. The predicted octanol–water partition coefficient (Wildman–Crippen LogP) is 7.50. The van der Waals surface area contributed by atoms with Crippen molar-refractivity contribution in [2.75, 3.05) is 18.0 Å². The second-order valence-corrected chi connectivity index (χ2v) is 10.9. The average molecular weight is 474 g/mol. The summed E-state index contributed by atoms with van der Waals surface area (Å²) in [6.45, 7) is 6.50. The molecule has 1 fully saturated rings. The molecule has 0 N–H and O–H groups in total. The van der Waals surface area contributed by atoms with E-state index in [0.717, 1.165) is 47.7 Å². The summed E-state index contributed by atoms with van der Waals surface area (Å²) in [4.78, 5) is 2.52. The number of anilines is 1. The first-order valence-electron chi connectivity index (χ1n) is 13.1. The van der Waals surface area contributed by atoms with Crippen LogP contribution in [0.5, 0.6) is 11.5 Å². The Morgan fingerprint density at radius 3 is 2.28 bits per heavy atom. The molecule has 1 unspecified atom stereocenters. The maximum absolute atomic E-state index is 7.16. The lowest BCUT2D eigenvalue weighted by atomic mass is 9.82. The highest BCUT2D eigenvalue weighted by Gasteiger charge is 2.40. The molecule has 180 valence electrons. The van der Waals surface area contributed by atoms with Crippen molar-refractivity contribution in [1.29, 1.82) is 0 Å². The van der Waals surface area contributed by atoms with Gasteiger partial charge in [-0.05, 0) is 61.9 Å². The lowest BCUT2D eigenvalue weighted by Gasteiger charge is -2.37. The zero-order chi connectivity index (χ0) is 24.3. The SMILES string of the molecule is CC1(C)Cc2cc(C3(c4ccccc4)C=Cc4c(cc(N5CCCC5)c5ccccc45)O3)ccc2O1. The van der Waals surface area contributed by atoms with Crippen LogP contribution >= 0.6 is 0 Å². The Hall–Kier alpha value is -3.72. The van der Waals surface area contributed by atoms with Crippen LogP contribution in [0.1, 0.15) is 48.9 Å². The third-order valence-corrected chi connectivity index (χ3v) is 7.92. The number of hydrogen-bond acceptors (Lipinski definition) is 3. The minimum absolute atomic E-state index is 0.180. The van der Waals surface area contributed by atoms with Crippen LogP contribution in [0, 0.1) is 0 Å². The fourth-order valence-corrected chi connectivity index (χ4v) is 6.24. The zero-order valence-corrected chi connectivity index (χ0v) is 21.0. The van der Waals surface area contributed by atoms with E-state index in [4.69, 9.17) is 9.47 Å². The Balaban J connectivity index is 1.42. The number of benzene rings is 4. The fraction of sp³-hybridized carbons (Fsp3) is 0.273. The van der Waals surface area contributed by atoms with E-state index in [-0.39, 0.29) is 5.60 Å². The van der Waals surface area contributed by atoms with Crippen LogP contribution in [-0.2, 0) is 12.0 Å². The summed E-state index contributed by atoms with van der Waals surface area (Å²) in [5, 5.41) is 2.55. The number of hydrogen-bond donors (Lipinski definition) is 0. The molecule has 7 rings (SSSR count). The highest BCUT2D eigenvalue weighted by molar-refractivity contribution is 6.02. The topological polar surface area (TPSA) is 21.7 Å². The van der Waals surface area contributed by atoms with E-state index in [0.29, 0.717) is 0 Å². The van der Waals surface area contributed by atoms with Gasteiger partial charge >= 0.3 is 0 Å². The Kier molecular flexibility index (Phi) is 4.73. The second kappa shape index (κ2) is 7.89. The summed E-state index contributed by atoms with van der Waals surface area (Å²) in [6.07, 6.45) is 7.90. The van der Waals surface area contributed by atoms with Gasteiger partial charge in [0.05, 0.1) is 0 Å². The molecular formula is C33H31NO2. The van der Waals surface area contributed by atoms with Gasteiger partial charge < -0.3 is 14.4 Å². The molecule has 36 heavy (non-hydrogen) atoms. The number of fused-ring (bicyclic) bond motifs is 4. The minimum atomic E-state index is -0.708. The van der Waals surface area contributed by atoms with E-state index >= 15 is 0 Å². The molecule has 0 amide bonds. The Bertz CT molecular complexity index is 1500. The molecule has 3 heteroatoms. The van der Waals surface area contributed by atoms with Gasteiger partial charge in [0.25, 0.3) is 0 Å². The van der Waals surface area contributed by atoms with Gasteiger partial charge in [-0.25, -0.2) is 0 Å². The fourth-order valence-electron chi connectivity index (χ4n) is 6.24. The van der Waals surface area contributed by atoms with Crippen LogP contribution in [0.3, 0.4) is 0 Å². The van der Waals surface area contributed by atoms with Gasteiger partial charge in [-0.1, -0.05) is 60.7 Å². The van der Waals surface area contributed by atoms with Gasteiger partial charge in [-0.2, -0.15) is 0 Å². The molecular weight excluding hydrogens is 442 g/mol. The van der Waals surface area contributed by atoms with E-state index in [1.165, 1.54) is 34.9 Å². The highest BCUT2D eigenvalue weighted by Crippen LogP contribution is 2.48. The van der Waals surface area contributed by atoms with E-state index in [2.05, 4.69) is 110 Å². The molecule has 1 saturated heterocycles. The molecule has 1 atom stereocenters.